The molecule has 0 bridgehead atoms. The van der Waals surface area contributed by atoms with E-state index in [1.54, 1.807) is 12.4 Å². The van der Waals surface area contributed by atoms with Crippen LogP contribution < -0.4 is 10.6 Å². The van der Waals surface area contributed by atoms with Crippen LogP contribution in [0.15, 0.2) is 41.3 Å². The fourth-order valence-corrected chi connectivity index (χ4v) is 2.94. The first-order chi connectivity index (χ1) is 11.3. The third kappa shape index (κ3) is 3.01. The van der Waals surface area contributed by atoms with Crippen molar-refractivity contribution < 1.29 is 0 Å². The van der Waals surface area contributed by atoms with Crippen molar-refractivity contribution in [3.63, 3.8) is 0 Å². The lowest BCUT2D eigenvalue weighted by atomic mass is 9.93. The lowest BCUT2D eigenvalue weighted by Crippen LogP contribution is -2.27. The minimum Gasteiger partial charge on any atom is -0.367 e. The monoisotopic (exact) mass is 372 g/mol. The number of halogens is 1. The molecular formula is C16H17BrN6. The van der Waals surface area contributed by atoms with Crippen LogP contribution in [0.4, 0.5) is 11.6 Å². The minimum atomic E-state index is 0.540. The van der Waals surface area contributed by atoms with E-state index in [0.717, 1.165) is 27.3 Å². The lowest BCUT2D eigenvalue weighted by molar-refractivity contribution is 0.444. The molecule has 2 N–H and O–H groups in total. The van der Waals surface area contributed by atoms with Gasteiger partial charge in [0.1, 0.15) is 11.6 Å². The molecule has 7 heteroatoms. The van der Waals surface area contributed by atoms with E-state index in [1.165, 1.54) is 19.3 Å². The summed E-state index contributed by atoms with van der Waals surface area (Å²) in [6.07, 6.45) is 9.13. The maximum absolute atomic E-state index is 4.66. The lowest BCUT2D eigenvalue weighted by Gasteiger charge is -2.27. The van der Waals surface area contributed by atoms with Gasteiger partial charge in [0.05, 0.1) is 10.7 Å². The highest BCUT2D eigenvalue weighted by atomic mass is 79.9. The number of anilines is 2. The average Bonchev–Trinajstić information content (AvgIpc) is 2.91. The Bertz CT molecular complexity index is 812. The topological polar surface area (TPSA) is 67.1 Å². The molecule has 0 aliphatic heterocycles. The fraction of sp³-hybridized carbons (Fsp3) is 0.312. The summed E-state index contributed by atoms with van der Waals surface area (Å²) in [7, 11) is 0. The van der Waals surface area contributed by atoms with Crippen LogP contribution in [-0.2, 0) is 6.54 Å². The van der Waals surface area contributed by atoms with E-state index in [1.807, 2.05) is 28.9 Å². The Balaban J connectivity index is 1.63. The molecule has 1 saturated carbocycles. The standard InChI is InChI=1S/C16H17BrN6/c17-13-10-20-23-15(19-9-11-3-2-6-18-8-11)7-14(22-16(13)23)21-12-4-1-5-12/h2-3,6-8,10,12,19H,1,4-5,9H2,(H,21,22). The van der Waals surface area contributed by atoms with Gasteiger partial charge >= 0.3 is 0 Å². The highest BCUT2D eigenvalue weighted by Crippen LogP contribution is 2.26. The summed E-state index contributed by atoms with van der Waals surface area (Å²) in [4.78, 5) is 8.81. The molecule has 23 heavy (non-hydrogen) atoms. The molecule has 1 aliphatic carbocycles. The third-order valence-electron chi connectivity index (χ3n) is 4.08. The van der Waals surface area contributed by atoms with E-state index in [9.17, 15) is 0 Å². The van der Waals surface area contributed by atoms with Gasteiger partial charge in [-0.15, -0.1) is 0 Å². The summed E-state index contributed by atoms with van der Waals surface area (Å²) in [5.74, 6) is 1.79. The molecular weight excluding hydrogens is 356 g/mol. The van der Waals surface area contributed by atoms with Crippen molar-refractivity contribution >= 4 is 33.2 Å². The molecule has 0 amide bonds. The second-order valence-corrected chi connectivity index (χ2v) is 6.60. The zero-order valence-electron chi connectivity index (χ0n) is 12.5. The van der Waals surface area contributed by atoms with Gasteiger partial charge in [-0.2, -0.15) is 9.61 Å². The predicted molar refractivity (Wildman–Crippen MR) is 93.5 cm³/mol. The first kappa shape index (κ1) is 14.4. The van der Waals surface area contributed by atoms with E-state index in [-0.39, 0.29) is 0 Å². The molecule has 3 aromatic rings. The van der Waals surface area contributed by atoms with Gasteiger partial charge in [-0.1, -0.05) is 6.07 Å². The maximum atomic E-state index is 4.66. The third-order valence-corrected chi connectivity index (χ3v) is 4.64. The van der Waals surface area contributed by atoms with E-state index >= 15 is 0 Å². The average molecular weight is 373 g/mol. The Hall–Kier alpha value is -2.15. The molecule has 0 atom stereocenters. The van der Waals surface area contributed by atoms with Crippen LogP contribution in [0.25, 0.3) is 5.65 Å². The van der Waals surface area contributed by atoms with E-state index in [0.29, 0.717) is 12.6 Å². The van der Waals surface area contributed by atoms with Crippen molar-refractivity contribution in [2.45, 2.75) is 31.8 Å². The van der Waals surface area contributed by atoms with Crippen LogP contribution >= 0.6 is 15.9 Å². The Morgan fingerprint density at radius 3 is 2.96 bits per heavy atom. The van der Waals surface area contributed by atoms with Gasteiger partial charge in [0.2, 0.25) is 0 Å². The van der Waals surface area contributed by atoms with Crippen LogP contribution in [0, 0.1) is 0 Å². The molecule has 0 aromatic carbocycles. The fourth-order valence-electron chi connectivity index (χ4n) is 2.59. The van der Waals surface area contributed by atoms with Crippen LogP contribution in [0.2, 0.25) is 0 Å². The molecule has 6 nitrogen and oxygen atoms in total. The van der Waals surface area contributed by atoms with E-state index < -0.39 is 0 Å². The van der Waals surface area contributed by atoms with Crippen molar-refractivity contribution in [3.05, 3.63) is 46.8 Å². The Morgan fingerprint density at radius 2 is 2.22 bits per heavy atom. The minimum absolute atomic E-state index is 0.540. The number of aromatic nitrogens is 4. The normalized spacial score (nSPS) is 14.7. The van der Waals surface area contributed by atoms with Gasteiger partial charge < -0.3 is 10.6 Å². The summed E-state index contributed by atoms with van der Waals surface area (Å²) in [5, 5.41) is 11.3. The van der Waals surface area contributed by atoms with Gasteiger partial charge in [-0.3, -0.25) is 4.98 Å². The van der Waals surface area contributed by atoms with Crippen LogP contribution in [0.1, 0.15) is 24.8 Å². The number of nitrogens with zero attached hydrogens (tertiary/aromatic N) is 4. The molecule has 1 fully saturated rings. The first-order valence-corrected chi connectivity index (χ1v) is 8.52. The number of hydrogen-bond acceptors (Lipinski definition) is 5. The predicted octanol–water partition coefficient (Wildman–Crippen LogP) is 3.46. The summed E-state index contributed by atoms with van der Waals surface area (Å²) in [6.45, 7) is 0.688. The van der Waals surface area contributed by atoms with Crippen molar-refractivity contribution in [1.82, 2.24) is 19.6 Å². The molecule has 3 aromatic heterocycles. The number of hydrogen-bond donors (Lipinski definition) is 2. The highest BCUT2D eigenvalue weighted by molar-refractivity contribution is 9.10. The van der Waals surface area contributed by atoms with Crippen LogP contribution in [0.3, 0.4) is 0 Å². The van der Waals surface area contributed by atoms with Gasteiger partial charge in [-0.05, 0) is 46.8 Å². The number of pyridine rings is 1. The quantitative estimate of drug-likeness (QED) is 0.717. The van der Waals surface area contributed by atoms with Crippen LogP contribution in [0.5, 0.6) is 0 Å². The largest absolute Gasteiger partial charge is 0.367 e. The molecule has 0 radical (unpaired) electrons. The second-order valence-electron chi connectivity index (χ2n) is 5.74. The molecule has 0 unspecified atom stereocenters. The van der Waals surface area contributed by atoms with E-state index in [4.69, 9.17) is 0 Å². The molecule has 1 aliphatic rings. The van der Waals surface area contributed by atoms with Gasteiger partial charge in [0, 0.05) is 31.0 Å². The van der Waals surface area contributed by atoms with Gasteiger partial charge in [0.15, 0.2) is 5.65 Å². The van der Waals surface area contributed by atoms with E-state index in [2.05, 4.69) is 41.6 Å². The SMILES string of the molecule is Brc1cnn2c(NCc3cccnc3)cc(NC3CCC3)nc12. The Morgan fingerprint density at radius 1 is 1.30 bits per heavy atom. The summed E-state index contributed by atoms with van der Waals surface area (Å²) in [6, 6.07) is 6.54. The molecule has 0 saturated heterocycles. The zero-order chi connectivity index (χ0) is 15.6. The van der Waals surface area contributed by atoms with Crippen molar-refractivity contribution in [3.8, 4) is 0 Å². The summed E-state index contributed by atoms with van der Waals surface area (Å²) < 4.78 is 2.70. The molecule has 0 spiro atoms. The molecule has 4 rings (SSSR count). The Kier molecular flexibility index (Phi) is 3.87. The summed E-state index contributed by atoms with van der Waals surface area (Å²) >= 11 is 3.52. The first-order valence-electron chi connectivity index (χ1n) is 7.73. The van der Waals surface area contributed by atoms with Gasteiger partial charge in [-0.25, -0.2) is 4.98 Å². The van der Waals surface area contributed by atoms with Crippen molar-refractivity contribution in [2.24, 2.45) is 0 Å². The smallest absolute Gasteiger partial charge is 0.173 e. The highest BCUT2D eigenvalue weighted by Gasteiger charge is 2.18. The second kappa shape index (κ2) is 6.16. The Labute approximate surface area is 142 Å². The summed E-state index contributed by atoms with van der Waals surface area (Å²) in [5.41, 5.74) is 1.93. The number of rotatable bonds is 5. The van der Waals surface area contributed by atoms with Crippen LogP contribution in [-0.4, -0.2) is 25.6 Å². The van der Waals surface area contributed by atoms with Crippen molar-refractivity contribution in [1.29, 1.82) is 0 Å². The van der Waals surface area contributed by atoms with Crippen molar-refractivity contribution in [2.75, 3.05) is 10.6 Å². The number of nitrogens with one attached hydrogen (secondary N) is 2. The maximum Gasteiger partial charge on any atom is 0.173 e. The zero-order valence-corrected chi connectivity index (χ0v) is 14.1. The molecule has 118 valence electrons. The van der Waals surface area contributed by atoms with Gasteiger partial charge in [0.25, 0.3) is 0 Å². The number of fused-ring (bicyclic) bond motifs is 1. The molecule has 3 heterocycles.